The summed E-state index contributed by atoms with van der Waals surface area (Å²) >= 11 is 11.8. The van der Waals surface area contributed by atoms with Gasteiger partial charge in [-0.15, -0.1) is 0 Å². The average molecular weight is 298 g/mol. The summed E-state index contributed by atoms with van der Waals surface area (Å²) in [5.41, 5.74) is 11.7. The van der Waals surface area contributed by atoms with Gasteiger partial charge in [0.05, 0.1) is 15.7 Å². The molecular weight excluding hydrogens is 289 g/mol. The quantitative estimate of drug-likeness (QED) is 0.879. The standard InChI is InChI=1S/C11H9Cl2N5O/c1-4-7(10(15)19)9(14)18-11(17-4)8-6(13)2-5(12)3-16-8/h2-3H,1H3,(H2,15,19)(H2,14,17,18). The second-order valence-electron chi connectivity index (χ2n) is 3.74. The number of hydrogen-bond acceptors (Lipinski definition) is 5. The van der Waals surface area contributed by atoms with Gasteiger partial charge in [-0.05, 0) is 13.0 Å². The summed E-state index contributed by atoms with van der Waals surface area (Å²) in [5, 5.41) is 0.685. The third-order valence-electron chi connectivity index (χ3n) is 2.38. The van der Waals surface area contributed by atoms with E-state index in [1.165, 1.54) is 12.3 Å². The Hall–Kier alpha value is -1.92. The van der Waals surface area contributed by atoms with Crippen molar-refractivity contribution in [3.8, 4) is 11.5 Å². The fraction of sp³-hybridized carbons (Fsp3) is 0.0909. The van der Waals surface area contributed by atoms with Gasteiger partial charge >= 0.3 is 0 Å². The van der Waals surface area contributed by atoms with Crippen LogP contribution in [0, 0.1) is 6.92 Å². The van der Waals surface area contributed by atoms with E-state index in [1.54, 1.807) is 6.92 Å². The number of nitrogen functional groups attached to an aromatic ring is 1. The Bertz CT molecular complexity index is 651. The number of anilines is 1. The molecule has 0 radical (unpaired) electrons. The van der Waals surface area contributed by atoms with Gasteiger partial charge in [-0.3, -0.25) is 4.79 Å². The SMILES string of the molecule is Cc1nc(-c2ncc(Cl)cc2Cl)nc(N)c1C(N)=O. The van der Waals surface area contributed by atoms with E-state index in [1.807, 2.05) is 0 Å². The van der Waals surface area contributed by atoms with Crippen LogP contribution >= 0.6 is 23.2 Å². The molecule has 0 aliphatic heterocycles. The van der Waals surface area contributed by atoms with E-state index in [-0.39, 0.29) is 22.2 Å². The Morgan fingerprint density at radius 3 is 2.53 bits per heavy atom. The van der Waals surface area contributed by atoms with Gasteiger partial charge in [0, 0.05) is 6.20 Å². The van der Waals surface area contributed by atoms with Gasteiger partial charge in [0.1, 0.15) is 17.1 Å². The van der Waals surface area contributed by atoms with E-state index in [4.69, 9.17) is 34.7 Å². The van der Waals surface area contributed by atoms with Gasteiger partial charge in [0.25, 0.3) is 5.91 Å². The van der Waals surface area contributed by atoms with Crippen LogP contribution in [0.5, 0.6) is 0 Å². The van der Waals surface area contributed by atoms with Crippen LogP contribution in [0.4, 0.5) is 5.82 Å². The van der Waals surface area contributed by atoms with E-state index < -0.39 is 5.91 Å². The molecule has 0 unspecified atom stereocenters. The topological polar surface area (TPSA) is 108 Å². The van der Waals surface area contributed by atoms with Crippen LogP contribution in [0.25, 0.3) is 11.5 Å². The van der Waals surface area contributed by atoms with E-state index in [9.17, 15) is 4.79 Å². The van der Waals surface area contributed by atoms with Gasteiger partial charge < -0.3 is 11.5 Å². The summed E-state index contributed by atoms with van der Waals surface area (Å²) in [6, 6.07) is 1.52. The van der Waals surface area contributed by atoms with Crippen molar-refractivity contribution in [2.75, 3.05) is 5.73 Å². The lowest BCUT2D eigenvalue weighted by molar-refractivity contribution is 0.1000. The number of amides is 1. The molecule has 0 aromatic carbocycles. The van der Waals surface area contributed by atoms with Crippen LogP contribution in [-0.4, -0.2) is 20.9 Å². The predicted octanol–water partition coefficient (Wildman–Crippen LogP) is 1.83. The normalized spacial score (nSPS) is 10.5. The molecule has 1 amide bonds. The van der Waals surface area contributed by atoms with Crippen molar-refractivity contribution in [1.82, 2.24) is 15.0 Å². The number of primary amides is 1. The number of nitrogens with zero attached hydrogens (tertiary/aromatic N) is 3. The number of hydrogen-bond donors (Lipinski definition) is 2. The summed E-state index contributed by atoms with van der Waals surface area (Å²) in [4.78, 5) is 23.4. The van der Waals surface area contributed by atoms with Crippen LogP contribution in [0.1, 0.15) is 16.1 Å². The highest BCUT2D eigenvalue weighted by Crippen LogP contribution is 2.27. The Labute approximate surface area is 118 Å². The molecule has 6 nitrogen and oxygen atoms in total. The second-order valence-corrected chi connectivity index (χ2v) is 4.58. The lowest BCUT2D eigenvalue weighted by atomic mass is 10.2. The molecule has 19 heavy (non-hydrogen) atoms. The lowest BCUT2D eigenvalue weighted by Crippen LogP contribution is -2.18. The van der Waals surface area contributed by atoms with Gasteiger partial charge in [-0.1, -0.05) is 23.2 Å². The number of aryl methyl sites for hydroxylation is 1. The fourth-order valence-corrected chi connectivity index (χ4v) is 2.05. The number of carbonyl (C=O) groups excluding carboxylic acids is 1. The number of pyridine rings is 1. The van der Waals surface area contributed by atoms with Crippen molar-refractivity contribution in [2.24, 2.45) is 5.73 Å². The Kier molecular flexibility index (Phi) is 3.55. The van der Waals surface area contributed by atoms with Crippen molar-refractivity contribution < 1.29 is 4.79 Å². The fourth-order valence-electron chi connectivity index (χ4n) is 1.58. The summed E-state index contributed by atoms with van der Waals surface area (Å²) in [5.74, 6) is -0.485. The molecule has 8 heteroatoms. The molecule has 4 N–H and O–H groups in total. The summed E-state index contributed by atoms with van der Waals surface area (Å²) in [6.45, 7) is 1.60. The minimum absolute atomic E-state index is 0.0113. The Balaban J connectivity index is 2.61. The zero-order valence-electron chi connectivity index (χ0n) is 9.82. The molecule has 0 saturated carbocycles. The molecule has 2 heterocycles. The number of aromatic nitrogens is 3. The van der Waals surface area contributed by atoms with Crippen LogP contribution in [0.3, 0.4) is 0 Å². The van der Waals surface area contributed by atoms with Gasteiger partial charge in [-0.2, -0.15) is 0 Å². The van der Waals surface area contributed by atoms with Crippen molar-refractivity contribution in [2.45, 2.75) is 6.92 Å². The van der Waals surface area contributed by atoms with Crippen LogP contribution in [0.2, 0.25) is 10.0 Å². The van der Waals surface area contributed by atoms with Crippen LogP contribution in [-0.2, 0) is 0 Å². The highest BCUT2D eigenvalue weighted by Gasteiger charge is 2.17. The first-order valence-corrected chi connectivity index (χ1v) is 5.91. The molecule has 0 spiro atoms. The molecule has 0 bridgehead atoms. The summed E-state index contributed by atoms with van der Waals surface area (Å²) < 4.78 is 0. The van der Waals surface area contributed by atoms with Gasteiger partial charge in [0.15, 0.2) is 5.82 Å². The predicted molar refractivity (Wildman–Crippen MR) is 73.0 cm³/mol. The summed E-state index contributed by atoms with van der Waals surface area (Å²) in [6.07, 6.45) is 1.42. The highest BCUT2D eigenvalue weighted by atomic mass is 35.5. The van der Waals surface area contributed by atoms with Crippen LogP contribution in [0.15, 0.2) is 12.3 Å². The molecule has 2 aromatic rings. The average Bonchev–Trinajstić information content (AvgIpc) is 2.26. The van der Waals surface area contributed by atoms with E-state index in [0.29, 0.717) is 16.4 Å². The molecular formula is C11H9Cl2N5O. The van der Waals surface area contributed by atoms with Crippen molar-refractivity contribution in [3.05, 3.63) is 33.6 Å². The number of nitrogens with two attached hydrogens (primary N) is 2. The van der Waals surface area contributed by atoms with Crippen molar-refractivity contribution in [3.63, 3.8) is 0 Å². The number of halogens is 2. The zero-order chi connectivity index (χ0) is 14.2. The first-order valence-electron chi connectivity index (χ1n) is 5.15. The number of rotatable bonds is 2. The first kappa shape index (κ1) is 13.5. The zero-order valence-corrected chi connectivity index (χ0v) is 11.3. The van der Waals surface area contributed by atoms with Crippen LogP contribution < -0.4 is 11.5 Å². The lowest BCUT2D eigenvalue weighted by Gasteiger charge is -2.08. The Morgan fingerprint density at radius 1 is 1.32 bits per heavy atom. The van der Waals surface area contributed by atoms with E-state index in [0.717, 1.165) is 0 Å². The maximum absolute atomic E-state index is 11.2. The molecule has 0 aliphatic carbocycles. The molecule has 0 aliphatic rings. The smallest absolute Gasteiger partial charge is 0.254 e. The molecule has 0 atom stereocenters. The second kappa shape index (κ2) is 4.99. The highest BCUT2D eigenvalue weighted by molar-refractivity contribution is 6.35. The maximum atomic E-state index is 11.2. The molecule has 2 rings (SSSR count). The minimum atomic E-state index is -0.684. The largest absolute Gasteiger partial charge is 0.383 e. The molecule has 98 valence electrons. The molecule has 0 fully saturated rings. The van der Waals surface area contributed by atoms with Crippen molar-refractivity contribution in [1.29, 1.82) is 0 Å². The Morgan fingerprint density at radius 2 is 2.00 bits per heavy atom. The minimum Gasteiger partial charge on any atom is -0.383 e. The van der Waals surface area contributed by atoms with Crippen molar-refractivity contribution >= 4 is 34.9 Å². The summed E-state index contributed by atoms with van der Waals surface area (Å²) in [7, 11) is 0. The van der Waals surface area contributed by atoms with E-state index in [2.05, 4.69) is 15.0 Å². The van der Waals surface area contributed by atoms with Gasteiger partial charge in [0.2, 0.25) is 0 Å². The third-order valence-corrected chi connectivity index (χ3v) is 2.88. The molecule has 0 saturated heterocycles. The van der Waals surface area contributed by atoms with E-state index >= 15 is 0 Å². The number of carbonyl (C=O) groups is 1. The third kappa shape index (κ3) is 2.59. The van der Waals surface area contributed by atoms with Gasteiger partial charge in [-0.25, -0.2) is 15.0 Å². The molecule has 2 aromatic heterocycles. The first-order chi connectivity index (χ1) is 8.90. The monoisotopic (exact) mass is 297 g/mol. The maximum Gasteiger partial charge on any atom is 0.254 e.